The molecule has 0 bridgehead atoms. The number of nitrogens with one attached hydrogen (secondary N) is 1. The van der Waals surface area contributed by atoms with E-state index in [1.807, 2.05) is 0 Å². The number of piperidine rings is 1. The van der Waals surface area contributed by atoms with Crippen LogP contribution in [0.5, 0.6) is 0 Å². The predicted molar refractivity (Wildman–Crippen MR) is 77.3 cm³/mol. The Morgan fingerprint density at radius 1 is 1.42 bits per heavy atom. The molecule has 4 heteroatoms. The first kappa shape index (κ1) is 15.2. The number of aliphatic hydroxyl groups is 1. The maximum atomic E-state index is 9.81. The van der Waals surface area contributed by atoms with Crippen molar-refractivity contribution in [3.63, 3.8) is 0 Å². The Morgan fingerprint density at radius 2 is 2.21 bits per heavy atom. The minimum atomic E-state index is -0.135. The number of ether oxygens (including phenoxy) is 1. The fraction of sp³-hybridized carbons (Fsp3) is 1.00. The Hall–Kier alpha value is -0.160. The van der Waals surface area contributed by atoms with E-state index in [2.05, 4.69) is 31.0 Å². The number of β-amino-alcohol motifs (C(OH)–C–C–N with tert-alkyl or cyclic N) is 1. The van der Waals surface area contributed by atoms with Gasteiger partial charge in [-0.1, -0.05) is 0 Å². The Balaban J connectivity index is 1.91. The topological polar surface area (TPSA) is 44.7 Å². The number of likely N-dealkylation sites (tertiary alicyclic amines) is 1. The molecular formula is C15H30N2O2. The third kappa shape index (κ3) is 4.71. The van der Waals surface area contributed by atoms with Gasteiger partial charge >= 0.3 is 0 Å². The molecule has 0 spiro atoms. The lowest BCUT2D eigenvalue weighted by Crippen LogP contribution is -2.51. The molecule has 0 aromatic heterocycles. The van der Waals surface area contributed by atoms with Crippen LogP contribution in [0.4, 0.5) is 0 Å². The van der Waals surface area contributed by atoms with E-state index in [1.54, 1.807) is 0 Å². The molecule has 2 heterocycles. The Kier molecular flexibility index (Phi) is 4.88. The van der Waals surface area contributed by atoms with E-state index >= 15 is 0 Å². The zero-order valence-electron chi connectivity index (χ0n) is 12.7. The average molecular weight is 270 g/mol. The van der Waals surface area contributed by atoms with Crippen molar-refractivity contribution < 1.29 is 9.84 Å². The van der Waals surface area contributed by atoms with Gasteiger partial charge in [-0.15, -0.1) is 0 Å². The second-order valence-corrected chi connectivity index (χ2v) is 7.44. The maximum Gasteiger partial charge on any atom is 0.0667 e. The standard InChI is InChI=1S/C15H30N2O2/c1-14(2,3)16-10-15(6-8-19-12-15)11-17-7-4-5-13(18)9-17/h13,16,18H,4-12H2,1-3H3. The maximum absolute atomic E-state index is 9.81. The molecule has 0 aromatic carbocycles. The monoisotopic (exact) mass is 270 g/mol. The third-order valence-electron chi connectivity index (χ3n) is 4.22. The van der Waals surface area contributed by atoms with Crippen LogP contribution in [-0.4, -0.2) is 61.0 Å². The van der Waals surface area contributed by atoms with Crippen LogP contribution in [0.3, 0.4) is 0 Å². The quantitative estimate of drug-likeness (QED) is 0.807. The summed E-state index contributed by atoms with van der Waals surface area (Å²) in [4.78, 5) is 2.42. The summed E-state index contributed by atoms with van der Waals surface area (Å²) in [5.74, 6) is 0. The van der Waals surface area contributed by atoms with E-state index in [9.17, 15) is 5.11 Å². The summed E-state index contributed by atoms with van der Waals surface area (Å²) in [6.45, 7) is 12.4. The predicted octanol–water partition coefficient (Wildman–Crippen LogP) is 1.24. The van der Waals surface area contributed by atoms with Gasteiger partial charge in [0.2, 0.25) is 0 Å². The smallest absolute Gasteiger partial charge is 0.0667 e. The third-order valence-corrected chi connectivity index (χ3v) is 4.22. The van der Waals surface area contributed by atoms with Crippen LogP contribution in [-0.2, 0) is 4.74 Å². The van der Waals surface area contributed by atoms with Crippen molar-refractivity contribution in [2.24, 2.45) is 5.41 Å². The summed E-state index contributed by atoms with van der Waals surface area (Å²) in [6.07, 6.45) is 3.07. The van der Waals surface area contributed by atoms with Crippen LogP contribution in [0.1, 0.15) is 40.0 Å². The minimum Gasteiger partial charge on any atom is -0.392 e. The van der Waals surface area contributed by atoms with Gasteiger partial charge in [0.25, 0.3) is 0 Å². The molecule has 2 rings (SSSR count). The van der Waals surface area contributed by atoms with Crippen LogP contribution >= 0.6 is 0 Å². The summed E-state index contributed by atoms with van der Waals surface area (Å²) >= 11 is 0. The second kappa shape index (κ2) is 6.08. The highest BCUT2D eigenvalue weighted by atomic mass is 16.5. The van der Waals surface area contributed by atoms with Crippen LogP contribution in [0.15, 0.2) is 0 Å². The van der Waals surface area contributed by atoms with Gasteiger partial charge in [0.05, 0.1) is 12.7 Å². The van der Waals surface area contributed by atoms with Gasteiger partial charge in [-0.05, 0) is 46.6 Å². The highest BCUT2D eigenvalue weighted by molar-refractivity contribution is 4.91. The summed E-state index contributed by atoms with van der Waals surface area (Å²) in [5, 5.41) is 13.4. The zero-order valence-corrected chi connectivity index (χ0v) is 12.7. The summed E-state index contributed by atoms with van der Waals surface area (Å²) in [5.41, 5.74) is 0.376. The second-order valence-electron chi connectivity index (χ2n) is 7.44. The molecule has 0 aromatic rings. The van der Waals surface area contributed by atoms with E-state index in [0.29, 0.717) is 0 Å². The van der Waals surface area contributed by atoms with Crippen LogP contribution in [0, 0.1) is 5.41 Å². The molecule has 0 radical (unpaired) electrons. The summed E-state index contributed by atoms with van der Waals surface area (Å²) in [7, 11) is 0. The van der Waals surface area contributed by atoms with Crippen molar-refractivity contribution in [2.75, 3.05) is 39.4 Å². The normalized spacial score (nSPS) is 33.8. The number of nitrogens with zero attached hydrogens (tertiary/aromatic N) is 1. The van der Waals surface area contributed by atoms with E-state index < -0.39 is 0 Å². The molecule has 2 fully saturated rings. The first-order valence-corrected chi connectivity index (χ1v) is 7.62. The average Bonchev–Trinajstić information content (AvgIpc) is 2.75. The van der Waals surface area contributed by atoms with Gasteiger partial charge in [-0.3, -0.25) is 0 Å². The molecule has 2 unspecified atom stereocenters. The molecule has 19 heavy (non-hydrogen) atoms. The SMILES string of the molecule is CC(C)(C)NCC1(CN2CCCC(O)C2)CCOC1. The Bertz CT molecular complexity index is 282. The van der Waals surface area contributed by atoms with Crippen LogP contribution < -0.4 is 5.32 Å². The highest BCUT2D eigenvalue weighted by Gasteiger charge is 2.38. The molecule has 0 aliphatic carbocycles. The van der Waals surface area contributed by atoms with Gasteiger partial charge < -0.3 is 20.1 Å². The van der Waals surface area contributed by atoms with Crippen LogP contribution in [0.25, 0.3) is 0 Å². The lowest BCUT2D eigenvalue weighted by Gasteiger charge is -2.39. The number of hydrogen-bond donors (Lipinski definition) is 2. The Labute approximate surface area is 117 Å². The summed E-state index contributed by atoms with van der Waals surface area (Å²) < 4.78 is 5.66. The lowest BCUT2D eigenvalue weighted by atomic mass is 9.85. The van der Waals surface area contributed by atoms with Gasteiger partial charge in [0.15, 0.2) is 0 Å². The molecule has 2 saturated heterocycles. The zero-order chi connectivity index (χ0) is 13.9. The van der Waals surface area contributed by atoms with Gasteiger partial charge in [-0.2, -0.15) is 0 Å². The first-order chi connectivity index (χ1) is 8.89. The van der Waals surface area contributed by atoms with Crippen molar-refractivity contribution in [3.05, 3.63) is 0 Å². The number of rotatable bonds is 4. The van der Waals surface area contributed by atoms with Crippen LogP contribution in [0.2, 0.25) is 0 Å². The van der Waals surface area contributed by atoms with Gasteiger partial charge in [0.1, 0.15) is 0 Å². The largest absolute Gasteiger partial charge is 0.392 e. The van der Waals surface area contributed by atoms with E-state index in [1.165, 1.54) is 0 Å². The van der Waals surface area contributed by atoms with Gasteiger partial charge in [0, 0.05) is 37.2 Å². The first-order valence-electron chi connectivity index (χ1n) is 7.62. The molecule has 2 atom stereocenters. The molecule has 2 N–H and O–H groups in total. The molecule has 0 saturated carbocycles. The fourth-order valence-electron chi connectivity index (χ4n) is 3.07. The lowest BCUT2D eigenvalue weighted by molar-refractivity contribution is 0.0361. The van der Waals surface area contributed by atoms with Crippen molar-refractivity contribution in [1.82, 2.24) is 10.2 Å². The Morgan fingerprint density at radius 3 is 2.79 bits per heavy atom. The number of hydrogen-bond acceptors (Lipinski definition) is 4. The molecular weight excluding hydrogens is 240 g/mol. The minimum absolute atomic E-state index is 0.135. The summed E-state index contributed by atoms with van der Waals surface area (Å²) in [6, 6.07) is 0. The van der Waals surface area contributed by atoms with Crippen molar-refractivity contribution >= 4 is 0 Å². The molecule has 0 amide bonds. The van der Waals surface area contributed by atoms with Crippen molar-refractivity contribution in [3.8, 4) is 0 Å². The highest BCUT2D eigenvalue weighted by Crippen LogP contribution is 2.30. The van der Waals surface area contributed by atoms with Crippen molar-refractivity contribution in [1.29, 1.82) is 0 Å². The molecule has 2 aliphatic heterocycles. The van der Waals surface area contributed by atoms with Gasteiger partial charge in [-0.25, -0.2) is 0 Å². The van der Waals surface area contributed by atoms with Crippen molar-refractivity contribution in [2.45, 2.75) is 51.7 Å². The molecule has 112 valence electrons. The van der Waals surface area contributed by atoms with E-state index in [-0.39, 0.29) is 17.1 Å². The molecule has 2 aliphatic rings. The number of aliphatic hydroxyl groups excluding tert-OH is 1. The van der Waals surface area contributed by atoms with E-state index in [4.69, 9.17) is 4.74 Å². The fourth-order valence-corrected chi connectivity index (χ4v) is 3.07. The van der Waals surface area contributed by atoms with E-state index in [0.717, 1.165) is 58.7 Å². The molecule has 4 nitrogen and oxygen atoms in total.